The topological polar surface area (TPSA) is 53.9 Å². The number of nitrogens with zero attached hydrogens (tertiary/aromatic N) is 2. The Bertz CT molecular complexity index is 621. The molecule has 0 bridgehead atoms. The fraction of sp³-hybridized carbons (Fsp3) is 0.579. The van der Waals surface area contributed by atoms with Crippen molar-refractivity contribution in [2.24, 2.45) is 4.99 Å². The van der Waals surface area contributed by atoms with E-state index in [-0.39, 0.29) is 6.03 Å². The molecule has 0 unspecified atom stereocenters. The van der Waals surface area contributed by atoms with Gasteiger partial charge in [0.2, 0.25) is 0 Å². The summed E-state index contributed by atoms with van der Waals surface area (Å²) in [6.07, 6.45) is 5.88. The Hall–Kier alpha value is -2.04. The number of nitrogens with one attached hydrogen (secondary N) is 1. The number of carbonyl (C=O) groups excluding carboxylic acids is 1. The number of benzene rings is 1. The van der Waals surface area contributed by atoms with Crippen molar-refractivity contribution < 1.29 is 9.53 Å². The predicted octanol–water partition coefficient (Wildman–Crippen LogP) is 3.44. The summed E-state index contributed by atoms with van der Waals surface area (Å²) in [5.74, 6) is 1.58. The Morgan fingerprint density at radius 2 is 2.08 bits per heavy atom. The second kappa shape index (κ2) is 7.69. The second-order valence-corrected chi connectivity index (χ2v) is 6.72. The van der Waals surface area contributed by atoms with Crippen LogP contribution in [0.15, 0.2) is 23.2 Å². The van der Waals surface area contributed by atoms with Crippen LogP contribution in [0.1, 0.15) is 43.2 Å². The zero-order valence-electron chi connectivity index (χ0n) is 14.7. The molecule has 1 heterocycles. The molecule has 0 atom stereocenters. The molecule has 0 saturated heterocycles. The maximum absolute atomic E-state index is 12.5. The van der Waals surface area contributed by atoms with E-state index in [9.17, 15) is 4.79 Å². The maximum atomic E-state index is 12.5. The van der Waals surface area contributed by atoms with E-state index in [4.69, 9.17) is 4.74 Å². The van der Waals surface area contributed by atoms with Gasteiger partial charge in [-0.3, -0.25) is 9.89 Å². The van der Waals surface area contributed by atoms with E-state index in [2.05, 4.69) is 30.2 Å². The number of carbonyl (C=O) groups is 1. The van der Waals surface area contributed by atoms with Gasteiger partial charge < -0.3 is 10.1 Å². The molecule has 0 aromatic heterocycles. The van der Waals surface area contributed by atoms with Crippen LogP contribution < -0.4 is 10.1 Å². The third kappa shape index (κ3) is 3.89. The highest BCUT2D eigenvalue weighted by Gasteiger charge is 2.26. The molecule has 1 N–H and O–H groups in total. The minimum absolute atomic E-state index is 0.0253. The number of amides is 2. The highest BCUT2D eigenvalue weighted by atomic mass is 16.5. The lowest BCUT2D eigenvalue weighted by molar-refractivity contribution is 0.213. The zero-order valence-corrected chi connectivity index (χ0v) is 14.7. The predicted molar refractivity (Wildman–Crippen MR) is 95.8 cm³/mol. The monoisotopic (exact) mass is 329 g/mol. The first-order chi connectivity index (χ1) is 11.6. The van der Waals surface area contributed by atoms with E-state index in [1.807, 2.05) is 12.1 Å². The minimum Gasteiger partial charge on any atom is -0.485 e. The number of hydrogen-bond acceptors (Lipinski definition) is 3. The van der Waals surface area contributed by atoms with Crippen LogP contribution in [0.4, 0.5) is 4.79 Å². The summed E-state index contributed by atoms with van der Waals surface area (Å²) >= 11 is 0. The van der Waals surface area contributed by atoms with Gasteiger partial charge in [-0.25, -0.2) is 4.79 Å². The Kier molecular flexibility index (Phi) is 5.38. The van der Waals surface area contributed by atoms with Gasteiger partial charge in [0.05, 0.1) is 6.54 Å². The van der Waals surface area contributed by atoms with E-state index in [1.54, 1.807) is 4.90 Å². The summed E-state index contributed by atoms with van der Waals surface area (Å²) in [4.78, 5) is 18.7. The van der Waals surface area contributed by atoms with Crippen molar-refractivity contribution in [2.45, 2.75) is 52.0 Å². The van der Waals surface area contributed by atoms with Crippen molar-refractivity contribution in [1.29, 1.82) is 0 Å². The van der Waals surface area contributed by atoms with Crippen molar-refractivity contribution in [3.05, 3.63) is 29.3 Å². The lowest BCUT2D eigenvalue weighted by atomic mass is 9.96. The van der Waals surface area contributed by atoms with Crippen LogP contribution in [0.2, 0.25) is 0 Å². The quantitative estimate of drug-likeness (QED) is 0.920. The van der Waals surface area contributed by atoms with Crippen LogP contribution in [-0.4, -0.2) is 42.5 Å². The molecule has 1 aromatic rings. The van der Waals surface area contributed by atoms with Crippen LogP contribution in [0.5, 0.6) is 5.75 Å². The van der Waals surface area contributed by atoms with Crippen LogP contribution in [0, 0.1) is 13.8 Å². The molecule has 1 aromatic carbocycles. The Labute approximate surface area is 144 Å². The molecule has 130 valence electrons. The fourth-order valence-electron chi connectivity index (χ4n) is 3.36. The van der Waals surface area contributed by atoms with E-state index in [0.29, 0.717) is 25.7 Å². The maximum Gasteiger partial charge on any atom is 0.323 e. The fourth-order valence-corrected chi connectivity index (χ4v) is 3.36. The van der Waals surface area contributed by atoms with Crippen LogP contribution in [0.25, 0.3) is 0 Å². The SMILES string of the molecule is Cc1cccc(OCC2=NCCN2C(=O)NC2CCCCC2)c1C. The molecular formula is C19H27N3O2. The van der Waals surface area contributed by atoms with Gasteiger partial charge in [0.1, 0.15) is 18.2 Å². The van der Waals surface area contributed by atoms with Gasteiger partial charge in [-0.2, -0.15) is 0 Å². The first kappa shape index (κ1) is 16.8. The molecule has 1 aliphatic carbocycles. The van der Waals surface area contributed by atoms with Gasteiger partial charge in [0.25, 0.3) is 0 Å². The molecule has 2 aliphatic rings. The average molecular weight is 329 g/mol. The minimum atomic E-state index is -0.0253. The van der Waals surface area contributed by atoms with Gasteiger partial charge in [0, 0.05) is 12.6 Å². The van der Waals surface area contributed by atoms with Crippen molar-refractivity contribution in [2.75, 3.05) is 19.7 Å². The largest absolute Gasteiger partial charge is 0.485 e. The number of aryl methyl sites for hydroxylation is 1. The third-order valence-corrected chi connectivity index (χ3v) is 5.02. The molecule has 2 amide bonds. The molecule has 1 aliphatic heterocycles. The second-order valence-electron chi connectivity index (χ2n) is 6.72. The number of ether oxygens (including phenoxy) is 1. The van der Waals surface area contributed by atoms with E-state index in [1.165, 1.54) is 24.8 Å². The number of rotatable bonds is 4. The highest BCUT2D eigenvalue weighted by molar-refractivity contribution is 5.99. The highest BCUT2D eigenvalue weighted by Crippen LogP contribution is 2.21. The standard InChI is InChI=1S/C19H27N3O2/c1-14-7-6-10-17(15(14)2)24-13-18-20-11-12-22(18)19(23)21-16-8-4-3-5-9-16/h6-7,10,16H,3-5,8-9,11-13H2,1-2H3,(H,21,23). The molecule has 5 nitrogen and oxygen atoms in total. The van der Waals surface area contributed by atoms with Crippen LogP contribution in [0.3, 0.4) is 0 Å². The lowest BCUT2D eigenvalue weighted by Gasteiger charge is -2.26. The number of amidine groups is 1. The van der Waals surface area contributed by atoms with E-state index in [0.717, 1.165) is 30.0 Å². The summed E-state index contributed by atoms with van der Waals surface area (Å²) in [5.41, 5.74) is 2.34. The summed E-state index contributed by atoms with van der Waals surface area (Å²) in [7, 11) is 0. The molecular weight excluding hydrogens is 302 g/mol. The zero-order chi connectivity index (χ0) is 16.9. The summed E-state index contributed by atoms with van der Waals surface area (Å²) in [6.45, 7) is 5.75. The van der Waals surface area contributed by atoms with Crippen LogP contribution in [-0.2, 0) is 0 Å². The molecule has 1 saturated carbocycles. The summed E-state index contributed by atoms with van der Waals surface area (Å²) < 4.78 is 5.92. The number of hydrogen-bond donors (Lipinski definition) is 1. The lowest BCUT2D eigenvalue weighted by Crippen LogP contribution is -2.48. The van der Waals surface area contributed by atoms with Gasteiger partial charge in [-0.15, -0.1) is 0 Å². The first-order valence-electron chi connectivity index (χ1n) is 8.95. The Morgan fingerprint density at radius 3 is 2.88 bits per heavy atom. The summed E-state index contributed by atoms with van der Waals surface area (Å²) in [6, 6.07) is 6.31. The van der Waals surface area contributed by atoms with Gasteiger partial charge >= 0.3 is 6.03 Å². The molecule has 24 heavy (non-hydrogen) atoms. The van der Waals surface area contributed by atoms with Gasteiger partial charge in [-0.1, -0.05) is 31.4 Å². The Morgan fingerprint density at radius 1 is 1.29 bits per heavy atom. The number of aliphatic imine (C=N–C) groups is 1. The normalized spacial score (nSPS) is 18.4. The van der Waals surface area contributed by atoms with Gasteiger partial charge in [-0.05, 0) is 43.9 Å². The summed E-state index contributed by atoms with van der Waals surface area (Å²) in [5, 5.41) is 3.16. The molecule has 0 radical (unpaired) electrons. The number of urea groups is 1. The Balaban J connectivity index is 1.56. The van der Waals surface area contributed by atoms with E-state index >= 15 is 0 Å². The van der Waals surface area contributed by atoms with Crippen molar-refractivity contribution >= 4 is 11.9 Å². The molecule has 3 rings (SSSR count). The van der Waals surface area contributed by atoms with E-state index < -0.39 is 0 Å². The van der Waals surface area contributed by atoms with Crippen molar-refractivity contribution in [1.82, 2.24) is 10.2 Å². The third-order valence-electron chi connectivity index (χ3n) is 5.02. The van der Waals surface area contributed by atoms with Crippen molar-refractivity contribution in [3.63, 3.8) is 0 Å². The molecule has 1 fully saturated rings. The molecule has 0 spiro atoms. The van der Waals surface area contributed by atoms with Crippen molar-refractivity contribution in [3.8, 4) is 5.75 Å². The van der Waals surface area contributed by atoms with Gasteiger partial charge in [0.15, 0.2) is 0 Å². The van der Waals surface area contributed by atoms with Crippen LogP contribution >= 0.6 is 0 Å². The molecule has 5 heteroatoms. The smallest absolute Gasteiger partial charge is 0.323 e. The first-order valence-corrected chi connectivity index (χ1v) is 8.95. The average Bonchev–Trinajstić information content (AvgIpc) is 3.06.